The second-order valence-electron chi connectivity index (χ2n) is 13.5. The summed E-state index contributed by atoms with van der Waals surface area (Å²) in [4.78, 5) is 74.1. The van der Waals surface area contributed by atoms with Crippen molar-refractivity contribution < 1.29 is 29.1 Å². The minimum atomic E-state index is -0.565. The van der Waals surface area contributed by atoms with Crippen LogP contribution in [0.4, 0.5) is 16.3 Å². The van der Waals surface area contributed by atoms with Crippen molar-refractivity contribution in [2.45, 2.75) is 79.4 Å². The molecule has 50 heavy (non-hydrogen) atoms. The number of benzene rings is 1. The molecule has 0 atom stereocenters. The summed E-state index contributed by atoms with van der Waals surface area (Å²) in [6.07, 6.45) is 2.43. The Morgan fingerprint density at radius 3 is 2.22 bits per heavy atom. The number of unbranched alkanes of at least 4 members (excludes halogenated alkanes) is 1. The number of hydrogen-bond acceptors (Lipinski definition) is 9. The normalized spacial score (nSPS) is 13.1. The van der Waals surface area contributed by atoms with Gasteiger partial charge in [0.05, 0.1) is 0 Å². The zero-order valence-corrected chi connectivity index (χ0v) is 29.6. The first-order chi connectivity index (χ1) is 23.6. The monoisotopic (exact) mass is 689 g/mol. The molecule has 1 aliphatic heterocycles. The topological polar surface area (TPSA) is 186 Å². The van der Waals surface area contributed by atoms with Crippen LogP contribution in [0.2, 0.25) is 0 Å². The van der Waals surface area contributed by atoms with Crippen LogP contribution in [0, 0.1) is 20.8 Å². The first-order valence-corrected chi connectivity index (χ1v) is 16.7. The van der Waals surface area contributed by atoms with E-state index in [2.05, 4.69) is 25.5 Å². The molecule has 1 saturated heterocycles. The molecule has 14 nitrogen and oxygen atoms in total. The molecule has 0 bridgehead atoms. The molecule has 4 rings (SSSR count). The second kappa shape index (κ2) is 16.4. The van der Waals surface area contributed by atoms with Crippen LogP contribution < -0.4 is 26.6 Å². The van der Waals surface area contributed by atoms with Crippen LogP contribution in [0.5, 0.6) is 0 Å². The van der Waals surface area contributed by atoms with E-state index in [0.717, 1.165) is 17.1 Å². The lowest BCUT2D eigenvalue weighted by Crippen LogP contribution is -2.50. The third-order valence-corrected chi connectivity index (χ3v) is 8.36. The molecule has 1 fully saturated rings. The van der Waals surface area contributed by atoms with Crippen LogP contribution in [0.25, 0.3) is 11.1 Å². The molecule has 0 unspecified atom stereocenters. The van der Waals surface area contributed by atoms with Gasteiger partial charge in [0.2, 0.25) is 11.8 Å². The molecule has 1 aromatic carbocycles. The number of rotatable bonds is 11. The van der Waals surface area contributed by atoms with Gasteiger partial charge in [0.1, 0.15) is 11.4 Å². The molecule has 0 aliphatic carbocycles. The number of ether oxygens (including phenoxy) is 1. The fraction of sp³-hybridized carbons (Fsp3) is 0.444. The minimum absolute atomic E-state index is 0.0184. The Bertz CT molecular complexity index is 1770. The number of hydroxylamine groups is 1. The molecular weight excluding hydrogens is 642 g/mol. The van der Waals surface area contributed by atoms with E-state index in [1.165, 1.54) is 0 Å². The Morgan fingerprint density at radius 1 is 0.940 bits per heavy atom. The standard InChI is InChI=1S/C36H47N7O7/c1-22-17-23(2)39-34(47)28(22)21-38-33(46)27-18-26(19-29(24(27)3)40-31(44)9-7-8-10-32(45)41-49)25-11-12-30(37-20-25)42-13-15-43(16-14-42)35(48)50-36(4,5)6/h11-12,17-20,49H,7-10,13-16,21H2,1-6H3,(H,38,46)(H,39,47)(H,40,44)(H,41,45). The number of amides is 4. The number of nitrogens with one attached hydrogen (secondary N) is 4. The smallest absolute Gasteiger partial charge is 0.410 e. The summed E-state index contributed by atoms with van der Waals surface area (Å²) in [5.41, 5.74) is 5.35. The molecule has 3 heterocycles. The van der Waals surface area contributed by atoms with E-state index in [1.54, 1.807) is 42.6 Å². The molecule has 268 valence electrons. The summed E-state index contributed by atoms with van der Waals surface area (Å²) >= 11 is 0. The number of carbonyl (C=O) groups is 4. The Labute approximate surface area is 291 Å². The Hall–Kier alpha value is -5.24. The third kappa shape index (κ3) is 10.1. The minimum Gasteiger partial charge on any atom is -0.444 e. The number of aromatic nitrogens is 2. The van der Waals surface area contributed by atoms with Gasteiger partial charge in [0, 0.05) is 79.8 Å². The molecule has 0 saturated carbocycles. The number of anilines is 2. The Balaban J connectivity index is 1.54. The fourth-order valence-electron chi connectivity index (χ4n) is 5.64. The Morgan fingerprint density at radius 2 is 1.62 bits per heavy atom. The van der Waals surface area contributed by atoms with Gasteiger partial charge < -0.3 is 30.2 Å². The maximum atomic E-state index is 13.6. The maximum absolute atomic E-state index is 13.6. The van der Waals surface area contributed by atoms with Crippen molar-refractivity contribution >= 4 is 35.3 Å². The van der Waals surface area contributed by atoms with Crippen molar-refractivity contribution in [3.63, 3.8) is 0 Å². The van der Waals surface area contributed by atoms with Crippen LogP contribution in [-0.4, -0.2) is 75.7 Å². The summed E-state index contributed by atoms with van der Waals surface area (Å²) in [7, 11) is 0. The first-order valence-electron chi connectivity index (χ1n) is 16.7. The van der Waals surface area contributed by atoms with Crippen LogP contribution in [0.3, 0.4) is 0 Å². The van der Waals surface area contributed by atoms with E-state index in [9.17, 15) is 24.0 Å². The molecule has 0 spiro atoms. The van der Waals surface area contributed by atoms with Gasteiger partial charge in [-0.3, -0.25) is 24.4 Å². The molecule has 5 N–H and O–H groups in total. The van der Waals surface area contributed by atoms with E-state index in [1.807, 2.05) is 45.9 Å². The quantitative estimate of drug-likeness (QED) is 0.111. The van der Waals surface area contributed by atoms with Crippen LogP contribution in [0.15, 0.2) is 41.3 Å². The van der Waals surface area contributed by atoms with Gasteiger partial charge in [0.15, 0.2) is 0 Å². The number of hydrogen-bond donors (Lipinski definition) is 5. The second-order valence-corrected chi connectivity index (χ2v) is 13.5. The lowest BCUT2D eigenvalue weighted by molar-refractivity contribution is -0.129. The molecule has 1 aliphatic rings. The van der Waals surface area contributed by atoms with Crippen LogP contribution in [-0.2, 0) is 20.9 Å². The maximum Gasteiger partial charge on any atom is 0.410 e. The summed E-state index contributed by atoms with van der Waals surface area (Å²) in [6.45, 7) is 13.1. The van der Waals surface area contributed by atoms with E-state index >= 15 is 0 Å². The van der Waals surface area contributed by atoms with E-state index in [4.69, 9.17) is 9.94 Å². The van der Waals surface area contributed by atoms with Gasteiger partial charge in [-0.1, -0.05) is 0 Å². The summed E-state index contributed by atoms with van der Waals surface area (Å²) < 4.78 is 5.50. The lowest BCUT2D eigenvalue weighted by atomic mass is 9.97. The number of aromatic amines is 1. The van der Waals surface area contributed by atoms with Crippen molar-refractivity contribution in [2.24, 2.45) is 0 Å². The number of piperazine rings is 1. The molecule has 2 aromatic heterocycles. The highest BCUT2D eigenvalue weighted by Gasteiger charge is 2.26. The van der Waals surface area contributed by atoms with Crippen molar-refractivity contribution in [1.82, 2.24) is 25.7 Å². The van der Waals surface area contributed by atoms with Gasteiger partial charge in [-0.05, 0) is 101 Å². The summed E-state index contributed by atoms with van der Waals surface area (Å²) in [6, 6.07) is 9.13. The zero-order chi connectivity index (χ0) is 36.6. The first kappa shape index (κ1) is 37.6. The predicted octanol–water partition coefficient (Wildman–Crippen LogP) is 4.35. The predicted molar refractivity (Wildman–Crippen MR) is 189 cm³/mol. The van der Waals surface area contributed by atoms with Crippen LogP contribution in [0.1, 0.15) is 79.2 Å². The number of pyridine rings is 2. The number of H-pyrrole nitrogens is 1. The van der Waals surface area contributed by atoms with Gasteiger partial charge in [-0.15, -0.1) is 0 Å². The van der Waals surface area contributed by atoms with E-state index in [0.29, 0.717) is 72.5 Å². The van der Waals surface area contributed by atoms with Crippen molar-refractivity contribution in [2.75, 3.05) is 36.4 Å². The SMILES string of the molecule is Cc1cc(C)c(CNC(=O)c2cc(-c3ccc(N4CCN(C(=O)OC(C)(C)C)CC4)nc3)cc(NC(=O)CCCCC(=O)NO)c2C)c(=O)[nH]1. The lowest BCUT2D eigenvalue weighted by Gasteiger charge is -2.36. The number of carbonyl (C=O) groups excluding carboxylic acids is 4. The number of aryl methyl sites for hydroxylation is 2. The molecular formula is C36H47N7O7. The Kier molecular flexibility index (Phi) is 12.4. The van der Waals surface area contributed by atoms with E-state index in [-0.39, 0.29) is 36.9 Å². The van der Waals surface area contributed by atoms with Gasteiger partial charge in [-0.25, -0.2) is 15.3 Å². The summed E-state index contributed by atoms with van der Waals surface area (Å²) in [5, 5.41) is 14.5. The highest BCUT2D eigenvalue weighted by atomic mass is 16.6. The van der Waals surface area contributed by atoms with Gasteiger partial charge >= 0.3 is 6.09 Å². The average molecular weight is 690 g/mol. The van der Waals surface area contributed by atoms with Crippen molar-refractivity contribution in [1.29, 1.82) is 0 Å². The molecule has 4 amide bonds. The molecule has 0 radical (unpaired) electrons. The largest absolute Gasteiger partial charge is 0.444 e. The highest BCUT2D eigenvalue weighted by molar-refractivity contribution is 6.01. The van der Waals surface area contributed by atoms with Crippen molar-refractivity contribution in [3.8, 4) is 11.1 Å². The summed E-state index contributed by atoms with van der Waals surface area (Å²) in [5.74, 6) is -0.483. The van der Waals surface area contributed by atoms with Gasteiger partial charge in [-0.2, -0.15) is 0 Å². The fourth-order valence-corrected chi connectivity index (χ4v) is 5.64. The number of nitrogens with zero attached hydrogens (tertiary/aromatic N) is 3. The third-order valence-electron chi connectivity index (χ3n) is 8.36. The van der Waals surface area contributed by atoms with Crippen LogP contribution >= 0.6 is 0 Å². The highest BCUT2D eigenvalue weighted by Crippen LogP contribution is 2.30. The van der Waals surface area contributed by atoms with E-state index < -0.39 is 17.4 Å². The van der Waals surface area contributed by atoms with Crippen molar-refractivity contribution in [3.05, 3.63) is 74.8 Å². The van der Waals surface area contributed by atoms with Gasteiger partial charge in [0.25, 0.3) is 11.5 Å². The molecule has 3 aromatic rings. The average Bonchev–Trinajstić information content (AvgIpc) is 3.06. The zero-order valence-electron chi connectivity index (χ0n) is 29.6. The molecule has 14 heteroatoms.